The van der Waals surface area contributed by atoms with E-state index in [9.17, 15) is 9.59 Å². The van der Waals surface area contributed by atoms with Crippen molar-refractivity contribution in [1.82, 2.24) is 5.32 Å². The van der Waals surface area contributed by atoms with E-state index in [4.69, 9.17) is 11.5 Å². The number of nitrogens with one attached hydrogen (secondary N) is 1. The molecule has 0 rings (SSSR count). The van der Waals surface area contributed by atoms with Crippen LogP contribution in [-0.2, 0) is 9.59 Å². The monoisotopic (exact) mass is 197 g/mol. The Kier molecular flexibility index (Phi) is 6.16. The molecule has 1 atom stereocenters. The lowest BCUT2D eigenvalue weighted by Crippen LogP contribution is -2.43. The molecule has 0 bridgehead atoms. The van der Waals surface area contributed by atoms with Gasteiger partial charge in [0.1, 0.15) is 0 Å². The first kappa shape index (κ1) is 12.5. The van der Waals surface area contributed by atoms with Crippen LogP contribution < -0.4 is 16.8 Å². The van der Waals surface area contributed by atoms with Crippen LogP contribution in [-0.4, -0.2) is 24.4 Å². The van der Waals surface area contributed by atoms with Crippen molar-refractivity contribution in [3.05, 3.63) is 0 Å². The van der Waals surface area contributed by atoms with Crippen molar-refractivity contribution in [1.29, 1.82) is 0 Å². The summed E-state index contributed by atoms with van der Waals surface area (Å²) < 4.78 is 0. The van der Waals surface area contributed by atoms with Crippen LogP contribution in [0.3, 0.4) is 0 Å². The minimum atomic E-state index is -0.859. The van der Waals surface area contributed by atoms with Gasteiger partial charge < -0.3 is 16.8 Å². The zero-order valence-corrected chi connectivity index (χ0v) is 8.17. The molecule has 0 heterocycles. The van der Waals surface area contributed by atoms with Gasteiger partial charge in [0, 0.05) is 13.0 Å². The molecule has 0 aromatic rings. The van der Waals surface area contributed by atoms with Crippen LogP contribution in [0.2, 0.25) is 0 Å². The summed E-state index contributed by atoms with van der Waals surface area (Å²) in [6, 6.07) is -0.859. The van der Waals surface area contributed by atoms with Crippen LogP contribution in [0.4, 0.5) is 0 Å². The van der Waals surface area contributed by atoms with Crippen LogP contribution in [0, 0.1) is 11.8 Å². The van der Waals surface area contributed by atoms with Crippen LogP contribution in [0.25, 0.3) is 0 Å². The highest BCUT2D eigenvalue weighted by molar-refractivity contribution is 5.87. The Labute approximate surface area is 83.2 Å². The van der Waals surface area contributed by atoms with Gasteiger partial charge >= 0.3 is 0 Å². The second-order valence-corrected chi connectivity index (χ2v) is 2.74. The molecule has 5 heteroatoms. The Balaban J connectivity index is 3.71. The molecule has 0 saturated heterocycles. The van der Waals surface area contributed by atoms with Crippen molar-refractivity contribution in [2.24, 2.45) is 11.5 Å². The molecule has 5 N–H and O–H groups in total. The average Bonchev–Trinajstić information content (AvgIpc) is 2.11. The Hall–Kier alpha value is -1.54. The van der Waals surface area contributed by atoms with E-state index in [1.165, 1.54) is 0 Å². The molecule has 0 saturated carbocycles. The average molecular weight is 197 g/mol. The fraction of sp³-hybridized carbons (Fsp3) is 0.556. The zero-order valence-electron chi connectivity index (χ0n) is 8.17. The molecule has 0 fully saturated rings. The molecule has 0 radical (unpaired) electrons. The maximum atomic E-state index is 11.1. The van der Waals surface area contributed by atoms with Crippen LogP contribution >= 0.6 is 0 Å². The third kappa shape index (κ3) is 6.03. The standard InChI is InChI=1S/C9H15N3O2/c1-2-3-4-5-12-9(14)7(10)6-8(11)13/h7H,4-6,10H2,1H3,(H2,11,13)(H,12,14). The summed E-state index contributed by atoms with van der Waals surface area (Å²) in [6.45, 7) is 2.16. The third-order valence-corrected chi connectivity index (χ3v) is 1.48. The number of carbonyl (C=O) groups is 2. The molecule has 0 aliphatic carbocycles. The van der Waals surface area contributed by atoms with Crippen molar-refractivity contribution in [3.63, 3.8) is 0 Å². The van der Waals surface area contributed by atoms with Crippen molar-refractivity contribution >= 4 is 11.8 Å². The SMILES string of the molecule is CC#CCCNC(=O)C(N)CC(N)=O. The molecule has 0 aliphatic heterocycles. The van der Waals surface area contributed by atoms with E-state index in [0.29, 0.717) is 13.0 Å². The van der Waals surface area contributed by atoms with Gasteiger partial charge in [0.15, 0.2) is 0 Å². The second kappa shape index (κ2) is 6.92. The van der Waals surface area contributed by atoms with Gasteiger partial charge in [0.2, 0.25) is 11.8 Å². The van der Waals surface area contributed by atoms with Gasteiger partial charge in [-0.05, 0) is 6.92 Å². The van der Waals surface area contributed by atoms with E-state index in [1.54, 1.807) is 6.92 Å². The molecule has 2 amide bonds. The minimum Gasteiger partial charge on any atom is -0.370 e. The summed E-state index contributed by atoms with van der Waals surface area (Å²) >= 11 is 0. The van der Waals surface area contributed by atoms with Gasteiger partial charge in [-0.2, -0.15) is 0 Å². The first-order valence-electron chi connectivity index (χ1n) is 4.29. The van der Waals surface area contributed by atoms with Crippen LogP contribution in [0.5, 0.6) is 0 Å². The normalized spacial score (nSPS) is 11.0. The number of rotatable bonds is 5. The van der Waals surface area contributed by atoms with Gasteiger partial charge in [-0.3, -0.25) is 9.59 Å². The highest BCUT2D eigenvalue weighted by atomic mass is 16.2. The smallest absolute Gasteiger partial charge is 0.237 e. The van der Waals surface area contributed by atoms with E-state index in [2.05, 4.69) is 17.2 Å². The summed E-state index contributed by atoms with van der Waals surface area (Å²) in [6.07, 6.45) is 0.441. The quantitative estimate of drug-likeness (QED) is 0.378. The fourth-order valence-electron chi connectivity index (χ4n) is 0.814. The van der Waals surface area contributed by atoms with Gasteiger partial charge in [0.05, 0.1) is 12.5 Å². The van der Waals surface area contributed by atoms with Gasteiger partial charge in [-0.15, -0.1) is 11.8 Å². The molecule has 14 heavy (non-hydrogen) atoms. The number of amides is 2. The Morgan fingerprint density at radius 3 is 2.64 bits per heavy atom. The predicted octanol–water partition coefficient (Wildman–Crippen LogP) is -1.28. The second-order valence-electron chi connectivity index (χ2n) is 2.74. The first-order valence-corrected chi connectivity index (χ1v) is 4.29. The molecule has 0 aromatic carbocycles. The molecule has 1 unspecified atom stereocenters. The summed E-state index contributed by atoms with van der Waals surface area (Å²) in [5, 5.41) is 2.55. The van der Waals surface area contributed by atoms with Gasteiger partial charge in [0.25, 0.3) is 0 Å². The van der Waals surface area contributed by atoms with E-state index in [-0.39, 0.29) is 12.3 Å². The molecule has 0 aliphatic rings. The highest BCUT2D eigenvalue weighted by Gasteiger charge is 2.14. The Bertz CT molecular complexity index is 265. The Morgan fingerprint density at radius 1 is 1.50 bits per heavy atom. The summed E-state index contributed by atoms with van der Waals surface area (Å²) in [5.41, 5.74) is 10.3. The number of primary amides is 1. The fourth-order valence-corrected chi connectivity index (χ4v) is 0.814. The predicted molar refractivity (Wildman–Crippen MR) is 52.9 cm³/mol. The van der Waals surface area contributed by atoms with Crippen molar-refractivity contribution < 1.29 is 9.59 Å². The van der Waals surface area contributed by atoms with Gasteiger partial charge in [-0.25, -0.2) is 0 Å². The lowest BCUT2D eigenvalue weighted by atomic mass is 10.2. The first-order chi connectivity index (χ1) is 6.57. The molecule has 0 aromatic heterocycles. The summed E-state index contributed by atoms with van der Waals surface area (Å²) in [7, 11) is 0. The Morgan fingerprint density at radius 2 is 2.14 bits per heavy atom. The van der Waals surface area contributed by atoms with Gasteiger partial charge in [-0.1, -0.05) is 0 Å². The largest absolute Gasteiger partial charge is 0.370 e. The summed E-state index contributed by atoms with van der Waals surface area (Å²) in [5.74, 6) is 4.53. The molecule has 5 nitrogen and oxygen atoms in total. The lowest BCUT2D eigenvalue weighted by Gasteiger charge is -2.08. The lowest BCUT2D eigenvalue weighted by molar-refractivity contribution is -0.126. The third-order valence-electron chi connectivity index (χ3n) is 1.48. The number of hydrogen-bond donors (Lipinski definition) is 3. The van der Waals surface area contributed by atoms with Crippen LogP contribution in [0.15, 0.2) is 0 Å². The topological polar surface area (TPSA) is 98.2 Å². The molecule has 78 valence electrons. The summed E-state index contributed by atoms with van der Waals surface area (Å²) in [4.78, 5) is 21.6. The molecular weight excluding hydrogens is 182 g/mol. The van der Waals surface area contributed by atoms with Crippen LogP contribution in [0.1, 0.15) is 19.8 Å². The minimum absolute atomic E-state index is 0.134. The number of nitrogens with two attached hydrogens (primary N) is 2. The van der Waals surface area contributed by atoms with E-state index < -0.39 is 11.9 Å². The van der Waals surface area contributed by atoms with E-state index in [1.807, 2.05) is 0 Å². The van der Waals surface area contributed by atoms with Crippen molar-refractivity contribution in [3.8, 4) is 11.8 Å². The van der Waals surface area contributed by atoms with Crippen molar-refractivity contribution in [2.75, 3.05) is 6.54 Å². The molecule has 0 spiro atoms. The number of hydrogen-bond acceptors (Lipinski definition) is 3. The number of carbonyl (C=O) groups excluding carboxylic acids is 2. The van der Waals surface area contributed by atoms with E-state index in [0.717, 1.165) is 0 Å². The maximum absolute atomic E-state index is 11.1. The van der Waals surface area contributed by atoms with Crippen molar-refractivity contribution in [2.45, 2.75) is 25.8 Å². The maximum Gasteiger partial charge on any atom is 0.237 e. The molecular formula is C9H15N3O2. The zero-order chi connectivity index (χ0) is 11.0. The van der Waals surface area contributed by atoms with E-state index >= 15 is 0 Å². The highest BCUT2D eigenvalue weighted by Crippen LogP contribution is 1.86.